The van der Waals surface area contributed by atoms with E-state index in [1.54, 1.807) is 6.08 Å². The molecule has 0 aromatic carbocycles. The van der Waals surface area contributed by atoms with E-state index in [-0.39, 0.29) is 0 Å². The third kappa shape index (κ3) is 13.2. The van der Waals surface area contributed by atoms with E-state index >= 15 is 0 Å². The fourth-order valence-electron chi connectivity index (χ4n) is 2.74. The van der Waals surface area contributed by atoms with Crippen molar-refractivity contribution in [1.29, 1.82) is 0 Å². The van der Waals surface area contributed by atoms with Gasteiger partial charge in [0.05, 0.1) is 6.10 Å². The fraction of sp³-hybridized carbons (Fsp3) is 0.850. The van der Waals surface area contributed by atoms with E-state index in [1.807, 2.05) is 0 Å². The lowest BCUT2D eigenvalue weighted by atomic mass is 10.0. The third-order valence-corrected chi connectivity index (χ3v) is 4.34. The highest BCUT2D eigenvalue weighted by Gasteiger charge is 2.44. The molecule has 0 amide bonds. The number of carbonyl (C=O) groups is 1. The molecule has 3 N–H and O–H groups in total. The number of hydrogen-bond donors (Lipinski definition) is 2. The van der Waals surface area contributed by atoms with E-state index in [0.29, 0.717) is 6.42 Å². The number of hydrogen-bond acceptors (Lipinski definition) is 4. The van der Waals surface area contributed by atoms with Crippen molar-refractivity contribution in [2.24, 2.45) is 5.73 Å². The molecule has 0 aliphatic carbocycles. The van der Waals surface area contributed by atoms with Crippen molar-refractivity contribution in [3.63, 3.8) is 0 Å². The SMILES string of the molecule is CCCCCCCCCCCCCC=CC(O)C(N)C(F)(F)OC(C)=O. The molecule has 0 rings (SSSR count). The largest absolute Gasteiger partial charge is 0.418 e. The molecular formula is C20H37F2NO3. The normalized spacial score (nSPS) is 14.5. The molecule has 0 aromatic heterocycles. The Morgan fingerprint density at radius 2 is 1.50 bits per heavy atom. The molecule has 0 spiro atoms. The minimum absolute atomic E-state index is 0.708. The van der Waals surface area contributed by atoms with E-state index in [1.165, 1.54) is 63.9 Å². The highest BCUT2D eigenvalue weighted by atomic mass is 19.3. The minimum Gasteiger partial charge on any atom is -0.400 e. The minimum atomic E-state index is -3.88. The first-order chi connectivity index (χ1) is 12.3. The van der Waals surface area contributed by atoms with Gasteiger partial charge in [-0.15, -0.1) is 0 Å². The summed E-state index contributed by atoms with van der Waals surface area (Å²) in [6.45, 7) is 3.10. The predicted molar refractivity (Wildman–Crippen MR) is 101 cm³/mol. The number of carbonyl (C=O) groups excluding carboxylic acids is 1. The first-order valence-electron chi connectivity index (χ1n) is 9.99. The van der Waals surface area contributed by atoms with Crippen molar-refractivity contribution < 1.29 is 23.4 Å². The summed E-state index contributed by atoms with van der Waals surface area (Å²) in [6, 6.07) is -1.97. The number of ether oxygens (including phenoxy) is 1. The number of unbranched alkanes of at least 4 members (excludes halogenated alkanes) is 11. The lowest BCUT2D eigenvalue weighted by Gasteiger charge is -2.24. The van der Waals surface area contributed by atoms with E-state index in [4.69, 9.17) is 5.73 Å². The maximum Gasteiger partial charge on any atom is 0.418 e. The van der Waals surface area contributed by atoms with Crippen LogP contribution in [0, 0.1) is 0 Å². The maximum atomic E-state index is 13.4. The van der Waals surface area contributed by atoms with Gasteiger partial charge in [0.25, 0.3) is 0 Å². The number of aliphatic hydroxyl groups excluding tert-OH is 1. The highest BCUT2D eigenvalue weighted by Crippen LogP contribution is 2.22. The van der Waals surface area contributed by atoms with Gasteiger partial charge in [0.1, 0.15) is 6.04 Å². The first-order valence-corrected chi connectivity index (χ1v) is 9.99. The summed E-state index contributed by atoms with van der Waals surface area (Å²) >= 11 is 0. The number of esters is 1. The van der Waals surface area contributed by atoms with Crippen LogP contribution < -0.4 is 5.73 Å². The maximum absolute atomic E-state index is 13.4. The Morgan fingerprint density at radius 3 is 1.96 bits per heavy atom. The lowest BCUT2D eigenvalue weighted by Crippen LogP contribution is -2.51. The fourth-order valence-corrected chi connectivity index (χ4v) is 2.74. The third-order valence-electron chi connectivity index (χ3n) is 4.34. The Morgan fingerprint density at radius 1 is 1.04 bits per heavy atom. The molecule has 26 heavy (non-hydrogen) atoms. The number of rotatable bonds is 16. The number of halogens is 2. The van der Waals surface area contributed by atoms with Crippen LogP contribution in [0.1, 0.15) is 90.9 Å². The molecule has 0 saturated carbocycles. The van der Waals surface area contributed by atoms with Crippen molar-refractivity contribution in [1.82, 2.24) is 0 Å². The topological polar surface area (TPSA) is 72.6 Å². The molecule has 0 heterocycles. The van der Waals surface area contributed by atoms with Gasteiger partial charge in [-0.25, -0.2) is 0 Å². The molecule has 0 bridgehead atoms. The number of alkyl halides is 2. The summed E-state index contributed by atoms with van der Waals surface area (Å²) in [5, 5.41) is 9.66. The molecule has 0 aromatic rings. The van der Waals surface area contributed by atoms with Gasteiger partial charge in [0, 0.05) is 6.92 Å². The summed E-state index contributed by atoms with van der Waals surface area (Å²) in [6.07, 6.45) is 11.9. The molecule has 0 fully saturated rings. The Kier molecular flexibility index (Phi) is 14.5. The number of nitrogens with two attached hydrogens (primary N) is 1. The average molecular weight is 378 g/mol. The molecule has 6 heteroatoms. The number of allylic oxidation sites excluding steroid dienone is 1. The van der Waals surface area contributed by atoms with Crippen molar-refractivity contribution in [2.75, 3.05) is 0 Å². The second-order valence-corrected chi connectivity index (χ2v) is 6.92. The van der Waals surface area contributed by atoms with Crippen LogP contribution in [0.15, 0.2) is 12.2 Å². The standard InChI is InChI=1S/C20H37F2NO3/c1-3-4-5-6-7-8-9-10-11-12-13-14-15-16-18(25)19(23)20(21,22)26-17(2)24/h15-16,18-19,25H,3-14,23H2,1-2H3. The van der Waals surface area contributed by atoms with E-state index in [9.17, 15) is 18.7 Å². The van der Waals surface area contributed by atoms with Gasteiger partial charge in [-0.3, -0.25) is 4.79 Å². The predicted octanol–water partition coefficient (Wildman–Crippen LogP) is 5.09. The van der Waals surface area contributed by atoms with Gasteiger partial charge in [-0.05, 0) is 12.8 Å². The monoisotopic (exact) mass is 377 g/mol. The van der Waals surface area contributed by atoms with Gasteiger partial charge in [-0.1, -0.05) is 83.3 Å². The van der Waals surface area contributed by atoms with Crippen LogP contribution in [0.4, 0.5) is 8.78 Å². The zero-order valence-electron chi connectivity index (χ0n) is 16.4. The summed E-state index contributed by atoms with van der Waals surface area (Å²) in [4.78, 5) is 10.6. The van der Waals surface area contributed by atoms with Gasteiger partial charge in [0.2, 0.25) is 0 Å². The molecule has 0 aliphatic heterocycles. The van der Waals surface area contributed by atoms with Crippen molar-refractivity contribution in [3.8, 4) is 0 Å². The van der Waals surface area contributed by atoms with Crippen LogP contribution in [0.5, 0.6) is 0 Å². The van der Waals surface area contributed by atoms with E-state index in [2.05, 4.69) is 11.7 Å². The average Bonchev–Trinajstić information content (AvgIpc) is 2.57. The van der Waals surface area contributed by atoms with E-state index < -0.39 is 24.2 Å². The molecule has 0 radical (unpaired) electrons. The highest BCUT2D eigenvalue weighted by molar-refractivity contribution is 5.66. The summed E-state index contributed by atoms with van der Waals surface area (Å²) < 4.78 is 30.7. The Hall–Kier alpha value is -1.01. The molecular weight excluding hydrogens is 340 g/mol. The van der Waals surface area contributed by atoms with Crippen molar-refractivity contribution >= 4 is 5.97 Å². The van der Waals surface area contributed by atoms with Crippen LogP contribution >= 0.6 is 0 Å². The number of aliphatic hydroxyl groups is 1. The molecule has 154 valence electrons. The zero-order valence-corrected chi connectivity index (χ0v) is 16.4. The van der Waals surface area contributed by atoms with Crippen LogP contribution in [-0.2, 0) is 9.53 Å². The van der Waals surface area contributed by atoms with Crippen molar-refractivity contribution in [3.05, 3.63) is 12.2 Å². The van der Waals surface area contributed by atoms with Crippen molar-refractivity contribution in [2.45, 2.75) is 109 Å². The Balaban J connectivity index is 3.67. The molecule has 4 nitrogen and oxygen atoms in total. The molecule has 0 saturated heterocycles. The second-order valence-electron chi connectivity index (χ2n) is 6.92. The molecule has 2 atom stereocenters. The zero-order chi connectivity index (χ0) is 19.8. The summed E-state index contributed by atoms with van der Waals surface area (Å²) in [5.74, 6) is -1.14. The molecule has 2 unspecified atom stereocenters. The van der Waals surface area contributed by atoms with Crippen LogP contribution in [-0.4, -0.2) is 29.3 Å². The molecule has 0 aliphatic rings. The first kappa shape index (κ1) is 25.0. The summed E-state index contributed by atoms with van der Waals surface area (Å²) in [7, 11) is 0. The summed E-state index contributed by atoms with van der Waals surface area (Å²) in [5.41, 5.74) is 5.26. The van der Waals surface area contributed by atoms with Gasteiger partial charge >= 0.3 is 12.1 Å². The van der Waals surface area contributed by atoms with Crippen LogP contribution in [0.3, 0.4) is 0 Å². The van der Waals surface area contributed by atoms with Crippen LogP contribution in [0.2, 0.25) is 0 Å². The second kappa shape index (κ2) is 15.1. The van der Waals surface area contributed by atoms with E-state index in [0.717, 1.165) is 19.8 Å². The Labute approximate surface area is 157 Å². The van der Waals surface area contributed by atoms with Gasteiger partial charge in [-0.2, -0.15) is 8.78 Å². The van der Waals surface area contributed by atoms with Crippen LogP contribution in [0.25, 0.3) is 0 Å². The lowest BCUT2D eigenvalue weighted by molar-refractivity contribution is -0.247. The smallest absolute Gasteiger partial charge is 0.400 e. The quantitative estimate of drug-likeness (QED) is 0.223. The Bertz CT molecular complexity index is 389. The van der Waals surface area contributed by atoms with Gasteiger partial charge in [0.15, 0.2) is 0 Å². The van der Waals surface area contributed by atoms with Gasteiger partial charge < -0.3 is 15.6 Å².